The summed E-state index contributed by atoms with van der Waals surface area (Å²) in [6, 6.07) is 10.3. The molecular weight excluding hydrogens is 362 g/mol. The summed E-state index contributed by atoms with van der Waals surface area (Å²) in [5.74, 6) is 1.19. The van der Waals surface area contributed by atoms with Crippen LogP contribution in [0.5, 0.6) is 0 Å². The minimum absolute atomic E-state index is 0.233. The molecule has 3 saturated carbocycles. The van der Waals surface area contributed by atoms with Gasteiger partial charge in [-0.2, -0.15) is 0 Å². The Hall–Kier alpha value is -1.94. The molecule has 2 bridgehead atoms. The fourth-order valence-corrected chi connectivity index (χ4v) is 5.27. The molecule has 3 aliphatic carbocycles. The first-order chi connectivity index (χ1) is 13.9. The van der Waals surface area contributed by atoms with Gasteiger partial charge in [0.2, 0.25) is 0 Å². The van der Waals surface area contributed by atoms with E-state index in [-0.39, 0.29) is 12.5 Å². The van der Waals surface area contributed by atoms with Gasteiger partial charge in [0.15, 0.2) is 0 Å². The summed E-state index contributed by atoms with van der Waals surface area (Å²) in [4.78, 5) is 15.5. The molecular formula is C25H35NO3. The molecule has 0 aromatic heterocycles. The summed E-state index contributed by atoms with van der Waals surface area (Å²) >= 11 is 0. The number of aliphatic hydroxyl groups is 1. The lowest BCUT2D eigenvalue weighted by Crippen LogP contribution is -2.57. The van der Waals surface area contributed by atoms with E-state index in [0.717, 1.165) is 30.7 Å². The molecule has 1 aromatic carbocycles. The number of unbranched alkanes of at least 4 members (excludes halogenated alkanes) is 1. The van der Waals surface area contributed by atoms with Crippen LogP contribution in [0.15, 0.2) is 47.5 Å². The summed E-state index contributed by atoms with van der Waals surface area (Å²) in [7, 11) is 0. The molecule has 3 fully saturated rings. The Morgan fingerprint density at radius 3 is 2.69 bits per heavy atom. The minimum Gasteiger partial charge on any atom is -0.481 e. The van der Waals surface area contributed by atoms with Crippen molar-refractivity contribution < 1.29 is 15.0 Å². The average molecular weight is 398 g/mol. The number of benzene rings is 1. The molecule has 0 aliphatic heterocycles. The molecule has 29 heavy (non-hydrogen) atoms. The van der Waals surface area contributed by atoms with Crippen molar-refractivity contribution >= 4 is 12.2 Å². The van der Waals surface area contributed by atoms with Crippen LogP contribution in [0, 0.1) is 23.2 Å². The van der Waals surface area contributed by atoms with E-state index >= 15 is 0 Å². The Kier molecular flexibility index (Phi) is 7.28. The van der Waals surface area contributed by atoms with Gasteiger partial charge in [0.25, 0.3) is 0 Å². The largest absolute Gasteiger partial charge is 0.481 e. The number of hydrogen-bond donors (Lipinski definition) is 2. The van der Waals surface area contributed by atoms with Crippen molar-refractivity contribution in [2.45, 2.75) is 70.9 Å². The fraction of sp³-hybridized carbons (Fsp3) is 0.600. The number of nitrogens with zero attached hydrogens (tertiary/aromatic N) is 1. The molecule has 1 unspecified atom stereocenters. The lowest BCUT2D eigenvalue weighted by atomic mass is 9.44. The third kappa shape index (κ3) is 5.57. The van der Waals surface area contributed by atoms with E-state index in [1.165, 1.54) is 6.42 Å². The van der Waals surface area contributed by atoms with Gasteiger partial charge in [-0.3, -0.25) is 9.79 Å². The van der Waals surface area contributed by atoms with E-state index in [1.54, 1.807) is 6.21 Å². The topological polar surface area (TPSA) is 69.9 Å². The quantitative estimate of drug-likeness (QED) is 0.335. The molecule has 2 N–H and O–H groups in total. The first-order valence-electron chi connectivity index (χ1n) is 11.0. The van der Waals surface area contributed by atoms with E-state index < -0.39 is 12.1 Å². The Bertz CT molecular complexity index is 725. The molecule has 0 saturated heterocycles. The number of aliphatic imine (C=N–C) groups is 1. The molecule has 5 atom stereocenters. The van der Waals surface area contributed by atoms with Crippen LogP contribution < -0.4 is 0 Å². The van der Waals surface area contributed by atoms with Gasteiger partial charge in [-0.05, 0) is 60.8 Å². The second-order valence-electron chi connectivity index (χ2n) is 9.38. The maximum atomic E-state index is 10.6. The number of hydrogen-bond acceptors (Lipinski definition) is 3. The van der Waals surface area contributed by atoms with Crippen molar-refractivity contribution in [2.24, 2.45) is 28.2 Å². The molecule has 0 amide bonds. The number of carboxylic acid groups (broad SMARTS) is 1. The molecule has 4 nitrogen and oxygen atoms in total. The van der Waals surface area contributed by atoms with Gasteiger partial charge < -0.3 is 10.2 Å². The van der Waals surface area contributed by atoms with Gasteiger partial charge in [-0.1, -0.05) is 56.3 Å². The number of allylic oxidation sites excluding steroid dienone is 2. The van der Waals surface area contributed by atoms with Crippen LogP contribution >= 0.6 is 0 Å². The van der Waals surface area contributed by atoms with Gasteiger partial charge in [0.1, 0.15) is 0 Å². The Balaban J connectivity index is 1.57. The highest BCUT2D eigenvalue weighted by molar-refractivity contribution is 5.66. The zero-order valence-corrected chi connectivity index (χ0v) is 17.7. The van der Waals surface area contributed by atoms with Crippen LogP contribution in [0.2, 0.25) is 0 Å². The smallest absolute Gasteiger partial charge is 0.303 e. The number of aliphatic carboxylic acids is 1. The van der Waals surface area contributed by atoms with Gasteiger partial charge in [0.05, 0.1) is 12.1 Å². The molecule has 4 rings (SSSR count). The van der Waals surface area contributed by atoms with Crippen molar-refractivity contribution in [3.63, 3.8) is 0 Å². The molecule has 158 valence electrons. The number of aliphatic hydroxyl groups excluding tert-OH is 1. The second-order valence-corrected chi connectivity index (χ2v) is 9.38. The molecule has 0 heterocycles. The molecule has 1 aromatic rings. The lowest BCUT2D eigenvalue weighted by molar-refractivity contribution is -0.137. The van der Waals surface area contributed by atoms with Gasteiger partial charge in [-0.15, -0.1) is 0 Å². The molecule has 0 radical (unpaired) electrons. The van der Waals surface area contributed by atoms with Crippen molar-refractivity contribution in [2.75, 3.05) is 0 Å². The number of fused-ring (bicyclic) bond motifs is 2. The third-order valence-electron chi connectivity index (χ3n) is 7.16. The summed E-state index contributed by atoms with van der Waals surface area (Å²) in [6.07, 6.45) is 11.3. The Morgan fingerprint density at radius 1 is 1.24 bits per heavy atom. The highest BCUT2D eigenvalue weighted by atomic mass is 16.4. The minimum atomic E-state index is -0.726. The van der Waals surface area contributed by atoms with Crippen LogP contribution in [0.25, 0.3) is 0 Å². The fourth-order valence-electron chi connectivity index (χ4n) is 5.27. The first kappa shape index (κ1) is 21.8. The number of carboxylic acids is 1. The average Bonchev–Trinajstić information content (AvgIpc) is 2.69. The highest BCUT2D eigenvalue weighted by Crippen LogP contribution is 2.62. The van der Waals surface area contributed by atoms with Crippen molar-refractivity contribution in [1.29, 1.82) is 0 Å². The van der Waals surface area contributed by atoms with Crippen molar-refractivity contribution in [1.82, 2.24) is 0 Å². The van der Waals surface area contributed by atoms with Crippen molar-refractivity contribution in [3.8, 4) is 0 Å². The van der Waals surface area contributed by atoms with Gasteiger partial charge >= 0.3 is 5.97 Å². The second kappa shape index (κ2) is 9.71. The van der Waals surface area contributed by atoms with Crippen LogP contribution in [0.1, 0.15) is 57.9 Å². The maximum absolute atomic E-state index is 10.6. The van der Waals surface area contributed by atoms with E-state index in [9.17, 15) is 9.90 Å². The van der Waals surface area contributed by atoms with Gasteiger partial charge in [0, 0.05) is 19.1 Å². The monoisotopic (exact) mass is 397 g/mol. The van der Waals surface area contributed by atoms with Gasteiger partial charge in [-0.25, -0.2) is 0 Å². The SMILES string of the molecule is CC1(C)[C@H]2C[C@H](N=CC(O)Cc3ccccc3)[C@@H](C/C=C\CCCC(=O)O)[C@@H]1C2. The maximum Gasteiger partial charge on any atom is 0.303 e. The van der Waals surface area contributed by atoms with Crippen LogP contribution in [-0.2, 0) is 11.2 Å². The van der Waals surface area contributed by atoms with Crippen molar-refractivity contribution in [3.05, 3.63) is 48.0 Å². The lowest BCUT2D eigenvalue weighted by Gasteiger charge is -2.62. The summed E-state index contributed by atoms with van der Waals surface area (Å²) in [5, 5.41) is 19.1. The van der Waals surface area contributed by atoms with Crippen LogP contribution in [0.4, 0.5) is 0 Å². The third-order valence-corrected chi connectivity index (χ3v) is 7.16. The summed E-state index contributed by atoms with van der Waals surface area (Å²) in [6.45, 7) is 4.78. The predicted molar refractivity (Wildman–Crippen MR) is 117 cm³/mol. The van der Waals surface area contributed by atoms with E-state index in [4.69, 9.17) is 10.1 Å². The summed E-state index contributed by atoms with van der Waals surface area (Å²) in [5.41, 5.74) is 1.51. The number of rotatable bonds is 10. The molecule has 4 heteroatoms. The zero-order chi connectivity index (χ0) is 20.9. The number of carbonyl (C=O) groups is 1. The molecule has 3 aliphatic rings. The zero-order valence-electron chi connectivity index (χ0n) is 17.7. The standard InChI is InChI=1S/C25H35NO3/c1-25(2)19-15-22(25)21(12-8-3-4-9-13-24(28)29)23(16-19)26-17-20(27)14-18-10-6-5-7-11-18/h3,5-8,10-11,17,19-23,27H,4,9,12-16H2,1-2H3,(H,28,29)/b8-3-,26-17?/t19-,20?,21+,22+,23+/m1/s1. The first-order valence-corrected chi connectivity index (χ1v) is 11.0. The summed E-state index contributed by atoms with van der Waals surface area (Å²) < 4.78 is 0. The highest BCUT2D eigenvalue weighted by Gasteiger charge is 2.57. The molecule has 0 spiro atoms. The van der Waals surface area contributed by atoms with E-state index in [0.29, 0.717) is 30.1 Å². The van der Waals surface area contributed by atoms with Crippen LogP contribution in [-0.4, -0.2) is 34.5 Å². The van der Waals surface area contributed by atoms with E-state index in [1.807, 2.05) is 30.3 Å². The normalized spacial score (nSPS) is 29.1. The predicted octanol–water partition coefficient (Wildman–Crippen LogP) is 4.91. The Labute approximate surface area is 174 Å². The van der Waals surface area contributed by atoms with Crippen LogP contribution in [0.3, 0.4) is 0 Å². The Morgan fingerprint density at radius 2 is 2.00 bits per heavy atom. The van der Waals surface area contributed by atoms with E-state index in [2.05, 4.69) is 26.0 Å².